The second-order valence-electron chi connectivity index (χ2n) is 3.69. The summed E-state index contributed by atoms with van der Waals surface area (Å²) in [5.74, 6) is 0.981. The van der Waals surface area contributed by atoms with Crippen molar-refractivity contribution in [3.63, 3.8) is 0 Å². The van der Waals surface area contributed by atoms with Crippen LogP contribution in [0.3, 0.4) is 0 Å². The quantitative estimate of drug-likeness (QED) is 0.765. The second-order valence-corrected chi connectivity index (χ2v) is 4.10. The van der Waals surface area contributed by atoms with Gasteiger partial charge in [-0.2, -0.15) is 0 Å². The van der Waals surface area contributed by atoms with E-state index in [1.165, 1.54) is 5.56 Å². The molecule has 16 heavy (non-hydrogen) atoms. The third-order valence-electron chi connectivity index (χ3n) is 2.67. The fourth-order valence-electron chi connectivity index (χ4n) is 1.89. The summed E-state index contributed by atoms with van der Waals surface area (Å²) < 4.78 is 6.13. The van der Waals surface area contributed by atoms with Crippen molar-refractivity contribution >= 4 is 12.2 Å². The molecule has 0 fully saturated rings. The number of aromatic amines is 1. The third kappa shape index (κ3) is 1.51. The van der Waals surface area contributed by atoms with Gasteiger partial charge in [-0.3, -0.25) is 4.98 Å². The Morgan fingerprint density at radius 3 is 3.19 bits per heavy atom. The number of nitrogens with one attached hydrogen (secondary N) is 1. The molecule has 0 aliphatic carbocycles. The van der Waals surface area contributed by atoms with E-state index in [2.05, 4.69) is 16.0 Å². The van der Waals surface area contributed by atoms with Gasteiger partial charge < -0.3 is 9.72 Å². The highest BCUT2D eigenvalue weighted by molar-refractivity contribution is 7.71. The molecule has 1 aromatic carbocycles. The smallest absolute Gasteiger partial charge is 0.129 e. The Kier molecular flexibility index (Phi) is 2.22. The molecule has 2 aromatic rings. The van der Waals surface area contributed by atoms with E-state index in [-0.39, 0.29) is 0 Å². The summed E-state index contributed by atoms with van der Waals surface area (Å²) in [5.41, 5.74) is 3.11. The summed E-state index contributed by atoms with van der Waals surface area (Å²) in [6.07, 6.45) is 4.42. The van der Waals surface area contributed by atoms with Crippen LogP contribution in [0.4, 0.5) is 0 Å². The third-order valence-corrected chi connectivity index (χ3v) is 2.98. The molecule has 0 saturated carbocycles. The molecule has 0 amide bonds. The van der Waals surface area contributed by atoms with E-state index < -0.39 is 0 Å². The Morgan fingerprint density at radius 1 is 1.38 bits per heavy atom. The first kappa shape index (κ1) is 9.54. The number of nitrogens with zero attached hydrogens (tertiary/aromatic N) is 1. The van der Waals surface area contributed by atoms with E-state index >= 15 is 0 Å². The summed E-state index contributed by atoms with van der Waals surface area (Å²) >= 11 is 5.21. The molecule has 4 heteroatoms. The van der Waals surface area contributed by atoms with Crippen molar-refractivity contribution in [3.8, 4) is 17.0 Å². The summed E-state index contributed by atoms with van der Waals surface area (Å²) in [7, 11) is 0. The van der Waals surface area contributed by atoms with Crippen LogP contribution in [-0.2, 0) is 6.42 Å². The van der Waals surface area contributed by atoms with E-state index in [9.17, 15) is 0 Å². The molecule has 80 valence electrons. The van der Waals surface area contributed by atoms with Crippen LogP contribution >= 0.6 is 12.2 Å². The fraction of sp³-hybridized carbons (Fsp3) is 0.167. The SMILES string of the molecule is S=c1[nH]ccnc1-c1ccc2c(c1)CCO2. The predicted octanol–water partition coefficient (Wildman–Crippen LogP) is 2.74. The second kappa shape index (κ2) is 3.72. The maximum absolute atomic E-state index is 5.47. The number of H-pyrrole nitrogens is 1. The lowest BCUT2D eigenvalue weighted by molar-refractivity contribution is 0.357. The number of ether oxygens (including phenoxy) is 1. The van der Waals surface area contributed by atoms with Gasteiger partial charge in [-0.05, 0) is 23.8 Å². The highest BCUT2D eigenvalue weighted by Gasteiger charge is 2.13. The van der Waals surface area contributed by atoms with Crippen molar-refractivity contribution in [1.82, 2.24) is 9.97 Å². The lowest BCUT2D eigenvalue weighted by Gasteiger charge is -2.03. The number of fused-ring (bicyclic) bond motifs is 1. The highest BCUT2D eigenvalue weighted by atomic mass is 32.1. The lowest BCUT2D eigenvalue weighted by Crippen LogP contribution is -1.88. The zero-order valence-corrected chi connectivity index (χ0v) is 9.38. The molecule has 3 rings (SSSR count). The predicted molar refractivity (Wildman–Crippen MR) is 64.1 cm³/mol. The zero-order chi connectivity index (χ0) is 11.0. The zero-order valence-electron chi connectivity index (χ0n) is 8.56. The largest absolute Gasteiger partial charge is 0.493 e. The molecule has 0 saturated heterocycles. The number of hydrogen-bond donors (Lipinski definition) is 1. The minimum atomic E-state index is 0.668. The average molecular weight is 230 g/mol. The van der Waals surface area contributed by atoms with Gasteiger partial charge in [0.15, 0.2) is 0 Å². The molecule has 1 aliphatic rings. The first-order chi connectivity index (χ1) is 7.84. The van der Waals surface area contributed by atoms with Crippen molar-refractivity contribution in [2.45, 2.75) is 6.42 Å². The fourth-order valence-corrected chi connectivity index (χ4v) is 2.13. The van der Waals surface area contributed by atoms with Gasteiger partial charge >= 0.3 is 0 Å². The van der Waals surface area contributed by atoms with Crippen molar-refractivity contribution in [1.29, 1.82) is 0 Å². The van der Waals surface area contributed by atoms with Gasteiger partial charge in [-0.15, -0.1) is 0 Å². The van der Waals surface area contributed by atoms with Crippen LogP contribution in [0.2, 0.25) is 0 Å². The van der Waals surface area contributed by atoms with Crippen LogP contribution in [0.5, 0.6) is 5.75 Å². The van der Waals surface area contributed by atoms with E-state index in [1.807, 2.05) is 12.1 Å². The number of aromatic nitrogens is 2. The van der Waals surface area contributed by atoms with Crippen molar-refractivity contribution in [2.24, 2.45) is 0 Å². The summed E-state index contributed by atoms with van der Waals surface area (Å²) in [6.45, 7) is 0.772. The average Bonchev–Trinajstić information content (AvgIpc) is 2.76. The minimum Gasteiger partial charge on any atom is -0.493 e. The molecule has 0 unspecified atom stereocenters. The molecule has 0 spiro atoms. The Balaban J connectivity index is 2.15. The van der Waals surface area contributed by atoms with Crippen molar-refractivity contribution in [2.75, 3.05) is 6.61 Å². The Morgan fingerprint density at radius 2 is 2.31 bits per heavy atom. The van der Waals surface area contributed by atoms with Gasteiger partial charge in [-0.25, -0.2) is 0 Å². The Hall–Kier alpha value is -1.68. The first-order valence-corrected chi connectivity index (χ1v) is 5.55. The summed E-state index contributed by atoms with van der Waals surface area (Å²) in [6, 6.07) is 6.09. The van der Waals surface area contributed by atoms with Crippen LogP contribution < -0.4 is 4.74 Å². The van der Waals surface area contributed by atoms with E-state index in [4.69, 9.17) is 17.0 Å². The molecular weight excluding hydrogens is 220 g/mol. The molecule has 0 bridgehead atoms. The van der Waals surface area contributed by atoms with Crippen LogP contribution in [0.15, 0.2) is 30.6 Å². The number of benzene rings is 1. The molecule has 1 N–H and O–H groups in total. The van der Waals surface area contributed by atoms with Gasteiger partial charge in [0.1, 0.15) is 16.1 Å². The summed E-state index contributed by atoms with van der Waals surface area (Å²) in [5, 5.41) is 0. The molecule has 2 heterocycles. The highest BCUT2D eigenvalue weighted by Crippen LogP contribution is 2.29. The van der Waals surface area contributed by atoms with Gasteiger partial charge in [0, 0.05) is 24.4 Å². The van der Waals surface area contributed by atoms with Gasteiger partial charge in [-0.1, -0.05) is 12.2 Å². The number of hydrogen-bond acceptors (Lipinski definition) is 3. The van der Waals surface area contributed by atoms with Crippen molar-refractivity contribution < 1.29 is 4.74 Å². The minimum absolute atomic E-state index is 0.668. The Labute approximate surface area is 98.1 Å². The van der Waals surface area contributed by atoms with Crippen LogP contribution in [0.1, 0.15) is 5.56 Å². The van der Waals surface area contributed by atoms with Gasteiger partial charge in [0.05, 0.1) is 6.61 Å². The molecule has 1 aromatic heterocycles. The van der Waals surface area contributed by atoms with Crippen molar-refractivity contribution in [3.05, 3.63) is 40.8 Å². The molecule has 3 nitrogen and oxygen atoms in total. The van der Waals surface area contributed by atoms with E-state index in [0.717, 1.165) is 30.0 Å². The first-order valence-electron chi connectivity index (χ1n) is 5.14. The molecule has 0 atom stereocenters. The summed E-state index contributed by atoms with van der Waals surface area (Å²) in [4.78, 5) is 7.28. The maximum Gasteiger partial charge on any atom is 0.129 e. The molecule has 0 radical (unpaired) electrons. The molecule has 1 aliphatic heterocycles. The lowest BCUT2D eigenvalue weighted by atomic mass is 10.1. The standard InChI is InChI=1S/C12H10N2OS/c16-12-11(13-4-5-14-12)9-1-2-10-8(7-9)3-6-15-10/h1-2,4-5,7H,3,6H2,(H,14,16). The monoisotopic (exact) mass is 230 g/mol. The maximum atomic E-state index is 5.47. The number of rotatable bonds is 1. The van der Waals surface area contributed by atoms with Crippen LogP contribution in [0, 0.1) is 4.64 Å². The topological polar surface area (TPSA) is 37.9 Å². The van der Waals surface area contributed by atoms with Crippen LogP contribution in [0.25, 0.3) is 11.3 Å². The molecular formula is C12H10N2OS. The van der Waals surface area contributed by atoms with Gasteiger partial charge in [0.2, 0.25) is 0 Å². The van der Waals surface area contributed by atoms with Crippen LogP contribution in [-0.4, -0.2) is 16.6 Å². The van der Waals surface area contributed by atoms with E-state index in [1.54, 1.807) is 12.4 Å². The Bertz CT molecular complexity index is 592. The van der Waals surface area contributed by atoms with Gasteiger partial charge in [0.25, 0.3) is 0 Å². The normalized spacial score (nSPS) is 13.2. The van der Waals surface area contributed by atoms with E-state index in [0.29, 0.717) is 4.64 Å².